The van der Waals surface area contributed by atoms with Gasteiger partial charge < -0.3 is 4.74 Å². The highest BCUT2D eigenvalue weighted by Crippen LogP contribution is 2.22. The van der Waals surface area contributed by atoms with Crippen LogP contribution in [0.25, 0.3) is 17.0 Å². The third-order valence-electron chi connectivity index (χ3n) is 3.61. The smallest absolute Gasteiger partial charge is 0.185 e. The lowest BCUT2D eigenvalue weighted by Crippen LogP contribution is -1.98. The van der Waals surface area contributed by atoms with Crippen LogP contribution in [0.5, 0.6) is 5.75 Å². The maximum atomic E-state index is 5.95. The lowest BCUT2D eigenvalue weighted by atomic mass is 10.2. The summed E-state index contributed by atoms with van der Waals surface area (Å²) in [6.45, 7) is 2.96. The molecular formula is C17H19ClN4O. The van der Waals surface area contributed by atoms with Gasteiger partial charge in [0, 0.05) is 5.56 Å². The summed E-state index contributed by atoms with van der Waals surface area (Å²) < 4.78 is 7.39. The lowest BCUT2D eigenvalue weighted by molar-refractivity contribution is 0.305. The van der Waals surface area contributed by atoms with E-state index in [2.05, 4.69) is 22.2 Å². The molecule has 0 amide bonds. The van der Waals surface area contributed by atoms with Crippen molar-refractivity contribution < 1.29 is 4.74 Å². The topological polar surface area (TPSA) is 52.3 Å². The van der Waals surface area contributed by atoms with Crippen LogP contribution in [0, 0.1) is 0 Å². The first-order valence-electron chi connectivity index (χ1n) is 7.89. The maximum absolute atomic E-state index is 5.95. The van der Waals surface area contributed by atoms with Gasteiger partial charge >= 0.3 is 0 Å². The van der Waals surface area contributed by atoms with Gasteiger partial charge in [-0.15, -0.1) is 10.2 Å². The zero-order valence-corrected chi connectivity index (χ0v) is 13.8. The van der Waals surface area contributed by atoms with Gasteiger partial charge in [0.05, 0.1) is 6.61 Å². The Morgan fingerprint density at radius 1 is 1.00 bits per heavy atom. The molecule has 0 unspecified atom stereocenters. The second-order valence-electron chi connectivity index (χ2n) is 5.38. The second-order valence-corrected chi connectivity index (χ2v) is 5.77. The van der Waals surface area contributed by atoms with E-state index < -0.39 is 0 Å². The zero-order valence-electron chi connectivity index (χ0n) is 13.1. The Morgan fingerprint density at radius 2 is 1.83 bits per heavy atom. The largest absolute Gasteiger partial charge is 0.494 e. The molecule has 0 spiro atoms. The number of hydrogen-bond acceptors (Lipinski definition) is 4. The molecule has 2 heterocycles. The quantitative estimate of drug-likeness (QED) is 0.602. The number of ether oxygens (including phenoxy) is 1. The predicted molar refractivity (Wildman–Crippen MR) is 90.9 cm³/mol. The summed E-state index contributed by atoms with van der Waals surface area (Å²) in [4.78, 5) is 0. The molecule has 6 heteroatoms. The van der Waals surface area contributed by atoms with E-state index in [-0.39, 0.29) is 0 Å². The number of fused-ring (bicyclic) bond motifs is 1. The SMILES string of the molecule is CCCCCCOc1ccc(-c2nnc3ccc(Cl)nn23)cc1. The molecule has 23 heavy (non-hydrogen) atoms. The van der Waals surface area contributed by atoms with Crippen LogP contribution in [-0.2, 0) is 0 Å². The van der Waals surface area contributed by atoms with E-state index in [1.54, 1.807) is 16.6 Å². The van der Waals surface area contributed by atoms with Crippen molar-refractivity contribution in [2.24, 2.45) is 0 Å². The monoisotopic (exact) mass is 330 g/mol. The van der Waals surface area contributed by atoms with Crippen LogP contribution in [0.2, 0.25) is 5.15 Å². The van der Waals surface area contributed by atoms with E-state index in [9.17, 15) is 0 Å². The van der Waals surface area contributed by atoms with E-state index in [1.807, 2.05) is 24.3 Å². The van der Waals surface area contributed by atoms with Crippen LogP contribution in [0.3, 0.4) is 0 Å². The van der Waals surface area contributed by atoms with E-state index in [0.29, 0.717) is 16.6 Å². The van der Waals surface area contributed by atoms with Crippen LogP contribution in [0.4, 0.5) is 0 Å². The first-order chi connectivity index (χ1) is 11.3. The minimum absolute atomic E-state index is 0.408. The summed E-state index contributed by atoms with van der Waals surface area (Å²) in [5.41, 5.74) is 1.59. The van der Waals surface area contributed by atoms with Gasteiger partial charge in [0.25, 0.3) is 0 Å². The zero-order chi connectivity index (χ0) is 16.1. The van der Waals surface area contributed by atoms with Gasteiger partial charge in [0.1, 0.15) is 10.9 Å². The molecule has 0 aliphatic rings. The van der Waals surface area contributed by atoms with E-state index in [0.717, 1.165) is 24.3 Å². The highest BCUT2D eigenvalue weighted by molar-refractivity contribution is 6.29. The standard InChI is InChI=1S/C17H19ClN4O/c1-2-3-4-5-12-23-14-8-6-13(7-9-14)17-20-19-16-11-10-15(18)21-22(16)17/h6-11H,2-5,12H2,1H3. The Hall–Kier alpha value is -2.14. The maximum Gasteiger partial charge on any atom is 0.185 e. The van der Waals surface area contributed by atoms with Crippen LogP contribution >= 0.6 is 11.6 Å². The second kappa shape index (κ2) is 7.42. The molecular weight excluding hydrogens is 312 g/mol. The van der Waals surface area contributed by atoms with Crippen molar-refractivity contribution in [3.05, 3.63) is 41.6 Å². The molecule has 0 aliphatic carbocycles. The van der Waals surface area contributed by atoms with Gasteiger partial charge in [-0.05, 0) is 42.8 Å². The number of nitrogens with zero attached hydrogens (tertiary/aromatic N) is 4. The Balaban J connectivity index is 1.70. The average molecular weight is 331 g/mol. The normalized spacial score (nSPS) is 11.0. The molecule has 0 fully saturated rings. The van der Waals surface area contributed by atoms with E-state index in [4.69, 9.17) is 16.3 Å². The number of hydrogen-bond donors (Lipinski definition) is 0. The Labute approximate surface area is 140 Å². The molecule has 2 aromatic heterocycles. The van der Waals surface area contributed by atoms with Crippen molar-refractivity contribution in [1.29, 1.82) is 0 Å². The van der Waals surface area contributed by atoms with Crippen molar-refractivity contribution >= 4 is 17.2 Å². The predicted octanol–water partition coefficient (Wildman–Crippen LogP) is 4.40. The first-order valence-corrected chi connectivity index (χ1v) is 8.27. The fraction of sp³-hybridized carbons (Fsp3) is 0.353. The molecule has 0 radical (unpaired) electrons. The first kappa shape index (κ1) is 15.7. The van der Waals surface area contributed by atoms with Gasteiger partial charge in [-0.2, -0.15) is 9.61 Å². The van der Waals surface area contributed by atoms with Crippen LogP contribution in [0.1, 0.15) is 32.6 Å². The molecule has 120 valence electrons. The number of aromatic nitrogens is 4. The summed E-state index contributed by atoms with van der Waals surface area (Å²) >= 11 is 5.95. The summed E-state index contributed by atoms with van der Waals surface area (Å²) in [5.74, 6) is 1.53. The van der Waals surface area contributed by atoms with Gasteiger partial charge in [-0.3, -0.25) is 0 Å². The molecule has 0 saturated heterocycles. The van der Waals surface area contributed by atoms with Gasteiger partial charge in [-0.25, -0.2) is 0 Å². The average Bonchev–Trinajstić information content (AvgIpc) is 2.98. The number of halogens is 1. The fourth-order valence-electron chi connectivity index (χ4n) is 2.37. The number of unbranched alkanes of at least 4 members (excludes halogenated alkanes) is 3. The number of benzene rings is 1. The van der Waals surface area contributed by atoms with Gasteiger partial charge in [0.15, 0.2) is 11.5 Å². The Bertz CT molecular complexity index is 770. The van der Waals surface area contributed by atoms with Crippen molar-refractivity contribution in [3.63, 3.8) is 0 Å². The molecule has 0 atom stereocenters. The highest BCUT2D eigenvalue weighted by Gasteiger charge is 2.09. The molecule has 0 N–H and O–H groups in total. The van der Waals surface area contributed by atoms with E-state index in [1.165, 1.54) is 19.3 Å². The summed E-state index contributed by atoms with van der Waals surface area (Å²) in [5, 5.41) is 12.9. The summed E-state index contributed by atoms with van der Waals surface area (Å²) in [6.07, 6.45) is 4.80. The van der Waals surface area contributed by atoms with Crippen molar-refractivity contribution in [1.82, 2.24) is 19.8 Å². The molecule has 3 aromatic rings. The van der Waals surface area contributed by atoms with Gasteiger partial charge in [-0.1, -0.05) is 37.8 Å². The minimum atomic E-state index is 0.408. The fourth-order valence-corrected chi connectivity index (χ4v) is 2.50. The third kappa shape index (κ3) is 3.79. The van der Waals surface area contributed by atoms with Crippen molar-refractivity contribution in [2.75, 3.05) is 6.61 Å². The van der Waals surface area contributed by atoms with Crippen molar-refractivity contribution in [3.8, 4) is 17.1 Å². The lowest BCUT2D eigenvalue weighted by Gasteiger charge is -2.06. The highest BCUT2D eigenvalue weighted by atomic mass is 35.5. The molecule has 3 rings (SSSR count). The molecule has 1 aromatic carbocycles. The minimum Gasteiger partial charge on any atom is -0.494 e. The van der Waals surface area contributed by atoms with Crippen LogP contribution < -0.4 is 4.74 Å². The molecule has 0 bridgehead atoms. The third-order valence-corrected chi connectivity index (χ3v) is 3.81. The summed E-state index contributed by atoms with van der Waals surface area (Å²) in [6, 6.07) is 11.3. The van der Waals surface area contributed by atoms with Crippen LogP contribution in [0.15, 0.2) is 36.4 Å². The van der Waals surface area contributed by atoms with Crippen LogP contribution in [-0.4, -0.2) is 26.4 Å². The van der Waals surface area contributed by atoms with E-state index >= 15 is 0 Å². The Kier molecular flexibility index (Phi) is 5.08. The molecule has 0 aliphatic heterocycles. The van der Waals surface area contributed by atoms with Crippen molar-refractivity contribution in [2.45, 2.75) is 32.6 Å². The van der Waals surface area contributed by atoms with Gasteiger partial charge in [0.2, 0.25) is 0 Å². The summed E-state index contributed by atoms with van der Waals surface area (Å²) in [7, 11) is 0. The molecule has 5 nitrogen and oxygen atoms in total. The Morgan fingerprint density at radius 3 is 2.61 bits per heavy atom. The number of rotatable bonds is 7. The molecule has 0 saturated carbocycles.